The smallest absolute Gasteiger partial charge is 0.292 e. The lowest BCUT2D eigenvalue weighted by Gasteiger charge is -2.32. The van der Waals surface area contributed by atoms with E-state index >= 15 is 0 Å². The molecule has 730 valence electrons. The van der Waals surface area contributed by atoms with Crippen LogP contribution >= 0.6 is 0 Å². The number of rotatable bonds is 14. The van der Waals surface area contributed by atoms with Crippen LogP contribution in [0, 0.1) is 27.7 Å². The summed E-state index contributed by atoms with van der Waals surface area (Å²) in [5.41, 5.74) is 30.0. The van der Waals surface area contributed by atoms with E-state index in [0.717, 1.165) is 246 Å². The van der Waals surface area contributed by atoms with Gasteiger partial charge in [0.15, 0.2) is 51.5 Å². The fourth-order valence-electron chi connectivity index (χ4n) is 20.2. The molecule has 37 nitrogen and oxygen atoms in total. The molecule has 7 aliphatic heterocycles. The number of hydrogen-bond donors (Lipinski definition) is 1. The first-order valence-electron chi connectivity index (χ1n) is 48.4. The van der Waals surface area contributed by atoms with Gasteiger partial charge in [0.25, 0.3) is 35.6 Å². The molecule has 4 atom stereocenters. The molecule has 27 rings (SSSR count). The van der Waals surface area contributed by atoms with Crippen LogP contribution in [0.1, 0.15) is 102 Å². The number of carbonyl (C=O) groups is 5. The van der Waals surface area contributed by atoms with E-state index in [1.165, 1.54) is 0 Å². The van der Waals surface area contributed by atoms with Gasteiger partial charge in [0, 0.05) is 177 Å². The number of nitrogen functional groups attached to an aromatic ring is 1. The highest BCUT2D eigenvalue weighted by Crippen LogP contribution is 2.36. The largest absolute Gasteiger partial charge is 0.441 e. The Balaban J connectivity index is 0.0000001000. The molecule has 7 aliphatic rings. The average molecular weight is 1940 g/mol. The molecular formula is C107H103N23O14. The number of likely N-dealkylation sites (tertiary alicyclic amines) is 4. The van der Waals surface area contributed by atoms with Crippen LogP contribution in [0.15, 0.2) is 236 Å². The van der Waals surface area contributed by atoms with Crippen molar-refractivity contribution in [2.24, 2.45) is 0 Å². The molecule has 7 saturated heterocycles. The fourth-order valence-corrected chi connectivity index (χ4v) is 20.2. The van der Waals surface area contributed by atoms with Gasteiger partial charge in [-0.05, 0) is 203 Å². The number of nitrogens with two attached hydrogens (primary N) is 1. The molecule has 5 amide bonds. The van der Waals surface area contributed by atoms with E-state index in [0.29, 0.717) is 101 Å². The molecule has 20 aromatic rings. The molecule has 2 N–H and O–H groups in total. The number of amides is 5. The SMILES string of the molecule is CO[C@@H]1CCN(C(=O)c2cnc3ccc(-c4ccc5oc(C)nc5c4)cn23)C1.CO[C@H]1CCN(C(=O)c2cnc3ccc(-c4ccc5oc(C)nc5c4)cn23)C1.Cc1nc2cc(-c3ccc4ncc(C(=O)N5CC5)n4c3)ccc2o1.Cc1nc2cc(-c3ccc4ncc(C(=O)N5CC[C@@H](N6CCOCC6)C5)n4c3)ccc2o1.Nc1nc2cc(-c3ccc4ncc(C(=O)N5CC[C@H](N6CCOCC6)C5)n4c3)ccc2o1. The summed E-state index contributed by atoms with van der Waals surface area (Å²) in [6, 6.07) is 50.1. The standard InChI is InChI=1S/C24H25N5O3.C23H24N6O3.2C21H20N4O3.C18H14N4O2/c1-16-26-20-12-17(2-4-22(20)32-16)18-3-5-23-25-13-21(29(23)14-18)24(30)28-7-6-19(15-28)27-8-10-31-11-9-27;24-23-26-18-11-15(1-3-20(18)32-23)16-2-4-21-25-12-19(29(21)13-16)22(30)28-6-5-17(14-28)27-7-9-31-10-8-27;2*1-13-23-17-9-14(3-5-19(17)28-13)15-4-6-20-22-10-18(25(20)11-15)21(26)24-8-7-16(12-24)27-2;1-11-20-14-8-12(2-4-16(14)24-11)13-3-5-17-19-9-15(22(17)10-13)18(23)21-6-7-21/h2-5,12-14,19H,6-11,15H2,1H3;1-4,11-13,17H,5-10,14H2,(H2,24,26);2*3-6,9-11,16H,7-8,12H2,1-2H3;2-5,8-10H,6-7H2,1H3/t19-;17-;2*16-;/m1010./s1. The van der Waals surface area contributed by atoms with Gasteiger partial charge >= 0.3 is 0 Å². The summed E-state index contributed by atoms with van der Waals surface area (Å²) in [7, 11) is 3.37. The number of aryl methyl sites for hydroxylation is 4. The van der Waals surface area contributed by atoms with E-state index in [2.05, 4.69) is 59.6 Å². The Hall–Kier alpha value is -16.2. The van der Waals surface area contributed by atoms with E-state index in [9.17, 15) is 24.0 Å². The zero-order valence-electron chi connectivity index (χ0n) is 80.2. The van der Waals surface area contributed by atoms with E-state index in [-0.39, 0.29) is 47.8 Å². The third-order valence-corrected chi connectivity index (χ3v) is 28.0. The van der Waals surface area contributed by atoms with Crippen LogP contribution in [0.2, 0.25) is 0 Å². The molecule has 0 aliphatic carbocycles. The summed E-state index contributed by atoms with van der Waals surface area (Å²) in [6.45, 7) is 21.5. The number of aromatic nitrogens is 15. The highest BCUT2D eigenvalue weighted by molar-refractivity contribution is 5.98. The first-order chi connectivity index (χ1) is 70.2. The quantitative estimate of drug-likeness (QED) is 0.0988. The van der Waals surface area contributed by atoms with Gasteiger partial charge in [-0.15, -0.1) is 0 Å². The van der Waals surface area contributed by atoms with Gasteiger partial charge < -0.3 is 71.3 Å². The zero-order chi connectivity index (χ0) is 98.1. The first-order valence-corrected chi connectivity index (χ1v) is 48.4. The maximum absolute atomic E-state index is 13.4. The number of methoxy groups -OCH3 is 2. The van der Waals surface area contributed by atoms with Crippen molar-refractivity contribution in [3.63, 3.8) is 0 Å². The third-order valence-electron chi connectivity index (χ3n) is 28.0. The molecule has 0 spiro atoms. The Labute approximate surface area is 823 Å². The second-order valence-electron chi connectivity index (χ2n) is 37.1. The van der Waals surface area contributed by atoms with E-state index in [1.807, 2.05) is 252 Å². The minimum absolute atomic E-state index is 0.0186. The Bertz CT molecular complexity index is 7930. The van der Waals surface area contributed by atoms with Gasteiger partial charge in [-0.3, -0.25) is 55.8 Å². The van der Waals surface area contributed by atoms with Crippen LogP contribution in [0.5, 0.6) is 0 Å². The molecule has 0 bridgehead atoms. The minimum atomic E-state index is -0.0215. The molecule has 0 unspecified atom stereocenters. The zero-order valence-corrected chi connectivity index (χ0v) is 80.2. The first kappa shape index (κ1) is 91.6. The number of anilines is 1. The van der Waals surface area contributed by atoms with Gasteiger partial charge in [0.2, 0.25) is 0 Å². The molecule has 0 radical (unpaired) electrons. The number of nitrogens with zero attached hydrogens (tertiary/aromatic N) is 22. The number of imidazole rings is 5. The summed E-state index contributed by atoms with van der Waals surface area (Å²) in [4.78, 5) is 123. The number of fused-ring (bicyclic) bond motifs is 10. The predicted octanol–water partition coefficient (Wildman–Crippen LogP) is 14.8. The summed E-state index contributed by atoms with van der Waals surface area (Å²) < 4.78 is 58.6. The van der Waals surface area contributed by atoms with Crippen molar-refractivity contribution in [2.45, 2.75) is 77.7 Å². The van der Waals surface area contributed by atoms with Crippen molar-refractivity contribution in [2.75, 3.05) is 138 Å². The number of morpholine rings is 2. The van der Waals surface area contributed by atoms with Crippen molar-refractivity contribution in [3.8, 4) is 55.6 Å². The van der Waals surface area contributed by atoms with Gasteiger partial charge in [0.05, 0.1) is 69.6 Å². The van der Waals surface area contributed by atoms with Crippen LogP contribution in [0.25, 0.3) is 139 Å². The lowest BCUT2D eigenvalue weighted by Crippen LogP contribution is -2.45. The Morgan fingerprint density at radius 2 is 0.542 bits per heavy atom. The predicted molar refractivity (Wildman–Crippen MR) is 536 cm³/mol. The number of oxazole rings is 5. The summed E-state index contributed by atoms with van der Waals surface area (Å²) in [5, 5.41) is 0. The molecule has 15 aromatic heterocycles. The summed E-state index contributed by atoms with van der Waals surface area (Å²) in [6.07, 6.45) is 22.0. The van der Waals surface area contributed by atoms with Crippen LogP contribution in [-0.4, -0.2) is 292 Å². The maximum Gasteiger partial charge on any atom is 0.292 e. The molecule has 37 heteroatoms. The van der Waals surface area contributed by atoms with Gasteiger partial charge in [0.1, 0.15) is 84.3 Å². The highest BCUT2D eigenvalue weighted by atomic mass is 16.5. The second kappa shape index (κ2) is 38.7. The number of ether oxygens (including phenoxy) is 4. The average Bonchev–Trinajstić information content (AvgIpc) is 1.63. The number of pyridine rings is 5. The van der Waals surface area contributed by atoms with E-state index in [1.54, 1.807) is 50.1 Å². The fraction of sp³-hybridized carbons (Fsp3) is 0.299. The van der Waals surface area contributed by atoms with Crippen molar-refractivity contribution in [1.82, 2.24) is 106 Å². The lowest BCUT2D eigenvalue weighted by molar-refractivity contribution is 0.0184. The van der Waals surface area contributed by atoms with Gasteiger partial charge in [-0.25, -0.2) is 44.9 Å². The van der Waals surface area contributed by atoms with E-state index < -0.39 is 0 Å². The Kier molecular flexibility index (Phi) is 24.6. The monoisotopic (exact) mass is 1930 g/mol. The maximum atomic E-state index is 13.4. The highest BCUT2D eigenvalue weighted by Gasteiger charge is 2.37. The Morgan fingerprint density at radius 1 is 0.292 bits per heavy atom. The number of benzene rings is 5. The molecule has 22 heterocycles. The molecule has 144 heavy (non-hydrogen) atoms. The Morgan fingerprint density at radius 3 is 0.812 bits per heavy atom. The molecule has 5 aromatic carbocycles. The van der Waals surface area contributed by atoms with Crippen molar-refractivity contribution in [1.29, 1.82) is 0 Å². The summed E-state index contributed by atoms with van der Waals surface area (Å²) >= 11 is 0. The number of hydrogen-bond acceptors (Lipinski definition) is 27. The van der Waals surface area contributed by atoms with Crippen LogP contribution < -0.4 is 5.73 Å². The van der Waals surface area contributed by atoms with Crippen molar-refractivity contribution in [3.05, 3.63) is 266 Å². The van der Waals surface area contributed by atoms with E-state index in [4.69, 9.17) is 46.8 Å². The minimum Gasteiger partial charge on any atom is -0.441 e. The molecule has 0 saturated carbocycles. The topological polar surface area (TPSA) is 387 Å². The molecule has 7 fully saturated rings. The third kappa shape index (κ3) is 18.5. The molecular weight excluding hydrogens is 1830 g/mol. The van der Waals surface area contributed by atoms with Crippen molar-refractivity contribution < 1.29 is 65.0 Å². The van der Waals surface area contributed by atoms with Crippen LogP contribution in [0.4, 0.5) is 6.01 Å². The van der Waals surface area contributed by atoms with Crippen LogP contribution in [-0.2, 0) is 18.9 Å². The summed E-state index contributed by atoms with van der Waals surface area (Å²) in [5.74, 6) is 2.63. The van der Waals surface area contributed by atoms with Gasteiger partial charge in [-0.2, -0.15) is 4.98 Å². The van der Waals surface area contributed by atoms with Gasteiger partial charge in [-0.1, -0.05) is 30.3 Å². The normalized spacial score (nSPS) is 17.8. The second-order valence-corrected chi connectivity index (χ2v) is 37.1. The van der Waals surface area contributed by atoms with Crippen LogP contribution in [0.3, 0.4) is 0 Å². The number of carbonyl (C=O) groups excluding carboxylic acids is 5. The van der Waals surface area contributed by atoms with Crippen molar-refractivity contribution >= 4 is 119 Å². The lowest BCUT2D eigenvalue weighted by atomic mass is 10.1.